The first-order valence-corrected chi connectivity index (χ1v) is 9.52. The monoisotopic (exact) mass is 383 g/mol. The lowest BCUT2D eigenvalue weighted by Crippen LogP contribution is -2.46. The molecule has 4 rings (SSSR count). The van der Waals surface area contributed by atoms with E-state index in [0.29, 0.717) is 12.2 Å². The SMILES string of the molecule is CCN1CCC2(CC1)CN(C(=O)c1cccc([N+](=O)[O-])c1)c1ccc(F)cc12. The topological polar surface area (TPSA) is 66.7 Å². The van der Waals surface area contributed by atoms with Crippen molar-refractivity contribution in [3.8, 4) is 0 Å². The van der Waals surface area contributed by atoms with Gasteiger partial charge in [-0.2, -0.15) is 0 Å². The zero-order valence-corrected chi connectivity index (χ0v) is 15.7. The summed E-state index contributed by atoms with van der Waals surface area (Å²) in [6.45, 7) is 5.39. The standard InChI is InChI=1S/C21H22FN3O3/c1-2-23-10-8-21(9-11-23)14-24(19-7-6-16(22)13-18(19)21)20(26)15-4-3-5-17(12-15)25(27)28/h3-7,12-13H,2,8-11,14H2,1H3. The Labute approximate surface area is 162 Å². The molecule has 0 unspecified atom stereocenters. The first-order chi connectivity index (χ1) is 13.4. The van der Waals surface area contributed by atoms with Crippen molar-refractivity contribution in [2.24, 2.45) is 0 Å². The highest BCUT2D eigenvalue weighted by molar-refractivity contribution is 6.08. The number of fused-ring (bicyclic) bond motifs is 2. The zero-order chi connectivity index (χ0) is 19.9. The summed E-state index contributed by atoms with van der Waals surface area (Å²) in [4.78, 5) is 27.8. The second-order valence-electron chi connectivity index (χ2n) is 7.57. The molecule has 6 nitrogen and oxygen atoms in total. The molecule has 0 aromatic heterocycles. The average Bonchev–Trinajstić information content (AvgIpc) is 3.01. The molecule has 28 heavy (non-hydrogen) atoms. The van der Waals surface area contributed by atoms with E-state index in [9.17, 15) is 19.3 Å². The summed E-state index contributed by atoms with van der Waals surface area (Å²) in [5.74, 6) is -0.591. The summed E-state index contributed by atoms with van der Waals surface area (Å²) >= 11 is 0. The maximum absolute atomic E-state index is 14.0. The van der Waals surface area contributed by atoms with E-state index in [4.69, 9.17) is 0 Å². The minimum atomic E-state index is -0.508. The molecular formula is C21H22FN3O3. The van der Waals surface area contributed by atoms with Crippen LogP contribution in [0.2, 0.25) is 0 Å². The predicted molar refractivity (Wildman–Crippen MR) is 104 cm³/mol. The fourth-order valence-electron chi connectivity index (χ4n) is 4.46. The highest BCUT2D eigenvalue weighted by Crippen LogP contribution is 2.47. The van der Waals surface area contributed by atoms with Crippen molar-refractivity contribution in [3.63, 3.8) is 0 Å². The molecule has 0 bridgehead atoms. The molecule has 1 saturated heterocycles. The molecule has 1 fully saturated rings. The van der Waals surface area contributed by atoms with E-state index in [1.807, 2.05) is 0 Å². The molecular weight excluding hydrogens is 361 g/mol. The average molecular weight is 383 g/mol. The van der Waals surface area contributed by atoms with Crippen molar-refractivity contribution < 1.29 is 14.1 Å². The van der Waals surface area contributed by atoms with Crippen LogP contribution >= 0.6 is 0 Å². The van der Waals surface area contributed by atoms with Crippen LogP contribution in [0.1, 0.15) is 35.7 Å². The van der Waals surface area contributed by atoms with Gasteiger partial charge in [0.15, 0.2) is 0 Å². The predicted octanol–water partition coefficient (Wildman–Crippen LogP) is 3.75. The number of amides is 1. The van der Waals surface area contributed by atoms with Crippen LogP contribution in [0.5, 0.6) is 0 Å². The molecule has 0 N–H and O–H groups in total. The summed E-state index contributed by atoms with van der Waals surface area (Å²) < 4.78 is 14.0. The van der Waals surface area contributed by atoms with Gasteiger partial charge in [0.1, 0.15) is 5.82 Å². The molecule has 146 valence electrons. The van der Waals surface area contributed by atoms with Crippen molar-refractivity contribution in [2.45, 2.75) is 25.2 Å². The maximum atomic E-state index is 14.0. The Balaban J connectivity index is 1.71. The Bertz CT molecular complexity index is 938. The number of nitro groups is 1. The number of carbonyl (C=O) groups excluding carboxylic acids is 1. The summed E-state index contributed by atoms with van der Waals surface area (Å²) in [5, 5.41) is 11.1. The molecule has 2 heterocycles. The maximum Gasteiger partial charge on any atom is 0.270 e. The number of carbonyl (C=O) groups is 1. The van der Waals surface area contributed by atoms with E-state index in [2.05, 4.69) is 11.8 Å². The highest BCUT2D eigenvalue weighted by Gasteiger charge is 2.46. The van der Waals surface area contributed by atoms with Gasteiger partial charge < -0.3 is 9.80 Å². The van der Waals surface area contributed by atoms with Gasteiger partial charge in [-0.05, 0) is 62.3 Å². The van der Waals surface area contributed by atoms with Crippen LogP contribution in [0.4, 0.5) is 15.8 Å². The van der Waals surface area contributed by atoms with Gasteiger partial charge in [-0.3, -0.25) is 14.9 Å². The molecule has 0 atom stereocenters. The Morgan fingerprint density at radius 1 is 1.21 bits per heavy atom. The molecule has 0 saturated carbocycles. The van der Waals surface area contributed by atoms with E-state index in [1.165, 1.54) is 24.3 Å². The normalized spacial score (nSPS) is 18.3. The Hall–Kier alpha value is -2.80. The minimum absolute atomic E-state index is 0.115. The van der Waals surface area contributed by atoms with Gasteiger partial charge in [-0.25, -0.2) is 4.39 Å². The molecule has 0 aliphatic carbocycles. The third kappa shape index (κ3) is 3.05. The van der Waals surface area contributed by atoms with E-state index in [0.717, 1.165) is 38.0 Å². The largest absolute Gasteiger partial charge is 0.307 e. The van der Waals surface area contributed by atoms with Crippen LogP contribution in [0, 0.1) is 15.9 Å². The van der Waals surface area contributed by atoms with Crippen LogP contribution in [0.25, 0.3) is 0 Å². The number of hydrogen-bond donors (Lipinski definition) is 0. The van der Waals surface area contributed by atoms with E-state index in [-0.39, 0.29) is 28.4 Å². The summed E-state index contributed by atoms with van der Waals surface area (Å²) in [6, 6.07) is 10.3. The first-order valence-electron chi connectivity index (χ1n) is 9.52. The molecule has 7 heteroatoms. The number of nitrogens with zero attached hydrogens (tertiary/aromatic N) is 3. The minimum Gasteiger partial charge on any atom is -0.307 e. The van der Waals surface area contributed by atoms with Gasteiger partial charge in [0.05, 0.1) is 4.92 Å². The second-order valence-corrected chi connectivity index (χ2v) is 7.57. The van der Waals surface area contributed by atoms with Crippen LogP contribution < -0.4 is 4.90 Å². The second kappa shape index (κ2) is 6.98. The number of benzene rings is 2. The summed E-state index contributed by atoms with van der Waals surface area (Å²) in [7, 11) is 0. The van der Waals surface area contributed by atoms with E-state index < -0.39 is 4.92 Å². The molecule has 2 aromatic carbocycles. The fraction of sp³-hybridized carbons (Fsp3) is 0.381. The van der Waals surface area contributed by atoms with Gasteiger partial charge in [0, 0.05) is 35.3 Å². The molecule has 1 amide bonds. The molecule has 0 radical (unpaired) electrons. The van der Waals surface area contributed by atoms with Crippen molar-refractivity contribution in [3.05, 3.63) is 69.5 Å². The van der Waals surface area contributed by atoms with Gasteiger partial charge in [-0.15, -0.1) is 0 Å². The number of halogens is 1. The third-order valence-electron chi connectivity index (χ3n) is 6.09. The first kappa shape index (κ1) is 18.6. The summed E-state index contributed by atoms with van der Waals surface area (Å²) in [5.41, 5.74) is 1.48. The van der Waals surface area contributed by atoms with Crippen LogP contribution in [0.15, 0.2) is 42.5 Å². The van der Waals surface area contributed by atoms with Gasteiger partial charge in [-0.1, -0.05) is 13.0 Å². The van der Waals surface area contributed by atoms with E-state index >= 15 is 0 Å². The Morgan fingerprint density at radius 2 is 1.96 bits per heavy atom. The number of likely N-dealkylation sites (tertiary alicyclic amines) is 1. The molecule has 2 aliphatic heterocycles. The quantitative estimate of drug-likeness (QED) is 0.598. The van der Waals surface area contributed by atoms with Gasteiger partial charge in [0.25, 0.3) is 11.6 Å². The Kier molecular flexibility index (Phi) is 4.63. The molecule has 1 spiro atoms. The van der Waals surface area contributed by atoms with Crippen molar-refractivity contribution in [1.29, 1.82) is 0 Å². The van der Waals surface area contributed by atoms with Crippen LogP contribution in [0.3, 0.4) is 0 Å². The number of nitro benzene ring substituents is 1. The van der Waals surface area contributed by atoms with Crippen LogP contribution in [-0.2, 0) is 5.41 Å². The highest BCUT2D eigenvalue weighted by atomic mass is 19.1. The number of non-ortho nitro benzene ring substituents is 1. The van der Waals surface area contributed by atoms with Gasteiger partial charge >= 0.3 is 0 Å². The van der Waals surface area contributed by atoms with Crippen molar-refractivity contribution in [1.82, 2.24) is 4.90 Å². The molecule has 2 aromatic rings. The number of anilines is 1. The number of hydrogen-bond acceptors (Lipinski definition) is 4. The smallest absolute Gasteiger partial charge is 0.270 e. The summed E-state index contributed by atoms with van der Waals surface area (Å²) in [6.07, 6.45) is 1.71. The molecule has 2 aliphatic rings. The Morgan fingerprint density at radius 3 is 2.64 bits per heavy atom. The van der Waals surface area contributed by atoms with Crippen molar-refractivity contribution >= 4 is 17.3 Å². The third-order valence-corrected chi connectivity index (χ3v) is 6.09. The van der Waals surface area contributed by atoms with Crippen molar-refractivity contribution in [2.75, 3.05) is 31.1 Å². The van der Waals surface area contributed by atoms with E-state index in [1.54, 1.807) is 23.1 Å². The zero-order valence-electron chi connectivity index (χ0n) is 15.7. The number of piperidine rings is 1. The lowest BCUT2D eigenvalue weighted by Gasteiger charge is -2.39. The van der Waals surface area contributed by atoms with Gasteiger partial charge in [0.2, 0.25) is 0 Å². The fourth-order valence-corrected chi connectivity index (χ4v) is 4.46. The number of rotatable bonds is 3. The van der Waals surface area contributed by atoms with Crippen LogP contribution in [-0.4, -0.2) is 41.9 Å². The lowest BCUT2D eigenvalue weighted by atomic mass is 9.74. The lowest BCUT2D eigenvalue weighted by molar-refractivity contribution is -0.384.